The molecule has 0 saturated heterocycles. The van der Waals surface area contributed by atoms with Gasteiger partial charge in [0.25, 0.3) is 0 Å². The largest absolute Gasteiger partial charge is 0.366 e. The number of nitrogens with one attached hydrogen (secondary N) is 1. The Labute approximate surface area is 195 Å². The smallest absolute Gasteiger partial charge is 0.248 e. The van der Waals surface area contributed by atoms with Gasteiger partial charge in [-0.25, -0.2) is 8.42 Å². The lowest BCUT2D eigenvalue weighted by atomic mass is 10.1. The fraction of sp³-hybridized carbons (Fsp3) is 0.130. The molecule has 9 heteroatoms. The van der Waals surface area contributed by atoms with Gasteiger partial charge < -0.3 is 11.1 Å². The molecule has 166 valence electrons. The van der Waals surface area contributed by atoms with Crippen molar-refractivity contribution in [1.29, 1.82) is 0 Å². The molecule has 0 aliphatic rings. The zero-order valence-corrected chi connectivity index (χ0v) is 19.7. The van der Waals surface area contributed by atoms with E-state index in [0.717, 1.165) is 19.9 Å². The normalized spacial score (nSPS) is 11.3. The lowest BCUT2D eigenvalue weighted by molar-refractivity contribution is -0.116. The third-order valence-electron chi connectivity index (χ3n) is 4.70. The van der Waals surface area contributed by atoms with E-state index in [-0.39, 0.29) is 18.0 Å². The summed E-state index contributed by atoms with van der Waals surface area (Å²) >= 11 is 3.30. The van der Waals surface area contributed by atoms with Gasteiger partial charge in [-0.1, -0.05) is 45.8 Å². The molecule has 7 nitrogen and oxygen atoms in total. The van der Waals surface area contributed by atoms with Gasteiger partial charge in [-0.15, -0.1) is 0 Å². The van der Waals surface area contributed by atoms with E-state index in [4.69, 9.17) is 5.73 Å². The van der Waals surface area contributed by atoms with Crippen molar-refractivity contribution in [1.82, 2.24) is 4.31 Å². The van der Waals surface area contributed by atoms with Crippen LogP contribution >= 0.6 is 15.9 Å². The highest BCUT2D eigenvalue weighted by Crippen LogP contribution is 2.21. The summed E-state index contributed by atoms with van der Waals surface area (Å²) < 4.78 is 28.5. The molecular formula is C23H22BrN3O4S. The first-order chi connectivity index (χ1) is 15.1. The van der Waals surface area contributed by atoms with Crippen molar-refractivity contribution < 1.29 is 18.0 Å². The number of anilines is 1. The molecule has 0 fully saturated rings. The molecule has 3 aromatic rings. The Bertz CT molecular complexity index is 1210. The Balaban J connectivity index is 1.84. The number of nitrogens with two attached hydrogens (primary N) is 1. The van der Waals surface area contributed by atoms with E-state index in [0.29, 0.717) is 11.3 Å². The van der Waals surface area contributed by atoms with Gasteiger partial charge in [-0.2, -0.15) is 4.31 Å². The van der Waals surface area contributed by atoms with Crippen molar-refractivity contribution in [2.24, 2.45) is 5.73 Å². The van der Waals surface area contributed by atoms with Crippen molar-refractivity contribution >= 4 is 43.5 Å². The Morgan fingerprint density at radius 3 is 2.09 bits per heavy atom. The van der Waals surface area contributed by atoms with Crippen LogP contribution in [0.4, 0.5) is 5.69 Å². The van der Waals surface area contributed by atoms with Gasteiger partial charge in [0.2, 0.25) is 21.8 Å². The maximum atomic E-state index is 13.3. The van der Waals surface area contributed by atoms with Crippen molar-refractivity contribution in [2.75, 3.05) is 11.9 Å². The molecule has 0 bridgehead atoms. The molecule has 0 atom stereocenters. The van der Waals surface area contributed by atoms with Gasteiger partial charge in [-0.05, 0) is 61.0 Å². The summed E-state index contributed by atoms with van der Waals surface area (Å²) in [5.74, 6) is -1.09. The molecule has 3 rings (SSSR count). The minimum atomic E-state index is -3.94. The molecule has 0 aromatic heterocycles. The maximum Gasteiger partial charge on any atom is 0.248 e. The first-order valence-electron chi connectivity index (χ1n) is 9.66. The second kappa shape index (κ2) is 10.1. The van der Waals surface area contributed by atoms with Crippen LogP contribution in [0, 0.1) is 6.92 Å². The summed E-state index contributed by atoms with van der Waals surface area (Å²) in [6.07, 6.45) is 0. The third-order valence-corrected chi connectivity index (χ3v) is 7.04. The SMILES string of the molecule is Cc1ccc(CN(CC(=O)Nc2ccc(C(N)=O)cc2)S(=O)(=O)c2ccc(Br)cc2)cc1. The number of sulfonamides is 1. The second-order valence-corrected chi connectivity index (χ2v) is 10.1. The number of carbonyl (C=O) groups excluding carboxylic acids is 2. The van der Waals surface area contributed by atoms with Crippen molar-refractivity contribution in [3.63, 3.8) is 0 Å². The fourth-order valence-electron chi connectivity index (χ4n) is 2.96. The van der Waals surface area contributed by atoms with Gasteiger partial charge >= 0.3 is 0 Å². The molecule has 2 amide bonds. The van der Waals surface area contributed by atoms with E-state index in [1.165, 1.54) is 36.4 Å². The van der Waals surface area contributed by atoms with E-state index >= 15 is 0 Å². The summed E-state index contributed by atoms with van der Waals surface area (Å²) in [5.41, 5.74) is 7.77. The molecule has 0 radical (unpaired) electrons. The second-order valence-electron chi connectivity index (χ2n) is 7.20. The molecule has 0 aliphatic carbocycles. The number of hydrogen-bond acceptors (Lipinski definition) is 4. The molecule has 0 spiro atoms. The van der Waals surface area contributed by atoms with Gasteiger partial charge in [0.15, 0.2) is 0 Å². The predicted octanol–water partition coefficient (Wildman–Crippen LogP) is 3.69. The van der Waals surface area contributed by atoms with Crippen LogP contribution < -0.4 is 11.1 Å². The van der Waals surface area contributed by atoms with Crippen LogP contribution in [0.15, 0.2) is 82.2 Å². The predicted molar refractivity (Wildman–Crippen MR) is 127 cm³/mol. The summed E-state index contributed by atoms with van der Waals surface area (Å²) in [5, 5.41) is 2.66. The Morgan fingerprint density at radius 2 is 1.53 bits per heavy atom. The van der Waals surface area contributed by atoms with E-state index in [1.807, 2.05) is 31.2 Å². The average molecular weight is 516 g/mol. The molecule has 0 saturated carbocycles. The minimum Gasteiger partial charge on any atom is -0.366 e. The van der Waals surface area contributed by atoms with Crippen molar-refractivity contribution in [3.05, 3.63) is 94.0 Å². The van der Waals surface area contributed by atoms with Gasteiger partial charge in [-0.3, -0.25) is 9.59 Å². The molecule has 0 unspecified atom stereocenters. The lowest BCUT2D eigenvalue weighted by Gasteiger charge is -2.22. The van der Waals surface area contributed by atoms with E-state index in [1.54, 1.807) is 12.1 Å². The topological polar surface area (TPSA) is 110 Å². The lowest BCUT2D eigenvalue weighted by Crippen LogP contribution is -2.37. The number of nitrogens with zero attached hydrogens (tertiary/aromatic N) is 1. The molecule has 32 heavy (non-hydrogen) atoms. The zero-order valence-electron chi connectivity index (χ0n) is 17.3. The summed E-state index contributed by atoms with van der Waals surface area (Å²) in [4.78, 5) is 24.0. The number of hydrogen-bond donors (Lipinski definition) is 2. The maximum absolute atomic E-state index is 13.3. The third kappa shape index (κ3) is 6.03. The summed E-state index contributed by atoms with van der Waals surface area (Å²) in [6, 6.07) is 19.7. The molecular weight excluding hydrogens is 494 g/mol. The van der Waals surface area contributed by atoms with E-state index in [2.05, 4.69) is 21.2 Å². The molecule has 3 N–H and O–H groups in total. The molecule has 3 aromatic carbocycles. The van der Waals surface area contributed by atoms with Gasteiger partial charge in [0, 0.05) is 22.3 Å². The first kappa shape index (κ1) is 23.6. The van der Waals surface area contributed by atoms with Crippen LogP contribution in [0.25, 0.3) is 0 Å². The van der Waals surface area contributed by atoms with Gasteiger partial charge in [0.1, 0.15) is 0 Å². The van der Waals surface area contributed by atoms with Crippen molar-refractivity contribution in [2.45, 2.75) is 18.4 Å². The van der Waals surface area contributed by atoms with Crippen LogP contribution in [0.1, 0.15) is 21.5 Å². The van der Waals surface area contributed by atoms with Crippen LogP contribution in [-0.2, 0) is 21.4 Å². The number of aryl methyl sites for hydroxylation is 1. The number of carbonyl (C=O) groups is 2. The average Bonchev–Trinajstić information content (AvgIpc) is 2.75. The quantitative estimate of drug-likeness (QED) is 0.476. The number of benzene rings is 3. The minimum absolute atomic E-state index is 0.0344. The fourth-order valence-corrected chi connectivity index (χ4v) is 4.61. The number of rotatable bonds is 8. The molecule has 0 aliphatic heterocycles. The highest BCUT2D eigenvalue weighted by molar-refractivity contribution is 9.10. The highest BCUT2D eigenvalue weighted by Gasteiger charge is 2.27. The van der Waals surface area contributed by atoms with E-state index in [9.17, 15) is 18.0 Å². The standard InChI is InChI=1S/C23H22BrN3O4S/c1-16-2-4-17(5-3-16)14-27(32(30,31)21-12-8-19(24)9-13-21)15-22(28)26-20-10-6-18(7-11-20)23(25)29/h2-13H,14-15H2,1H3,(H2,25,29)(H,26,28). The van der Waals surface area contributed by atoms with Gasteiger partial charge in [0.05, 0.1) is 11.4 Å². The first-order valence-corrected chi connectivity index (χ1v) is 11.9. The summed E-state index contributed by atoms with van der Waals surface area (Å²) in [6.45, 7) is 1.59. The van der Waals surface area contributed by atoms with Crippen LogP contribution in [0.3, 0.4) is 0 Å². The zero-order chi connectivity index (χ0) is 23.3. The number of primary amides is 1. The highest BCUT2D eigenvalue weighted by atomic mass is 79.9. The number of halogens is 1. The monoisotopic (exact) mass is 515 g/mol. The van der Waals surface area contributed by atoms with Crippen LogP contribution in [-0.4, -0.2) is 31.1 Å². The Morgan fingerprint density at radius 1 is 0.938 bits per heavy atom. The molecule has 0 heterocycles. The van der Waals surface area contributed by atoms with E-state index < -0.39 is 21.8 Å². The number of amides is 2. The Hall–Kier alpha value is -3.01. The Kier molecular flexibility index (Phi) is 7.44. The van der Waals surface area contributed by atoms with Crippen LogP contribution in [0.2, 0.25) is 0 Å². The van der Waals surface area contributed by atoms with Crippen molar-refractivity contribution in [3.8, 4) is 0 Å². The van der Waals surface area contributed by atoms with Crippen LogP contribution in [0.5, 0.6) is 0 Å². The summed E-state index contributed by atoms with van der Waals surface area (Å²) in [7, 11) is -3.94.